The predicted octanol–water partition coefficient (Wildman–Crippen LogP) is 4.25. The third-order valence-electron chi connectivity index (χ3n) is 4.13. The molecule has 0 amide bonds. The molecular formula is C18H15ClN2O2S. The quantitative estimate of drug-likeness (QED) is 0.687. The molecule has 122 valence electrons. The molecule has 4 nitrogen and oxygen atoms in total. The normalized spacial score (nSPS) is 12.6. The van der Waals surface area contributed by atoms with Crippen molar-refractivity contribution in [3.05, 3.63) is 57.0 Å². The lowest BCUT2D eigenvalue weighted by molar-refractivity contribution is 0.516. The Morgan fingerprint density at radius 2 is 1.96 bits per heavy atom. The molecule has 0 radical (unpaired) electrons. The van der Waals surface area contributed by atoms with Crippen molar-refractivity contribution in [2.24, 2.45) is 0 Å². The lowest BCUT2D eigenvalue weighted by atomic mass is 9.97. The Morgan fingerprint density at radius 3 is 2.67 bits per heavy atom. The zero-order valence-electron chi connectivity index (χ0n) is 13.3. The van der Waals surface area contributed by atoms with Crippen molar-refractivity contribution in [2.75, 3.05) is 19.0 Å². The number of thiazole rings is 1. The van der Waals surface area contributed by atoms with Gasteiger partial charge in [-0.05, 0) is 12.8 Å². The lowest BCUT2D eigenvalue weighted by Crippen LogP contribution is -2.19. The summed E-state index contributed by atoms with van der Waals surface area (Å²) in [5, 5.41) is 1.09. The summed E-state index contributed by atoms with van der Waals surface area (Å²) in [6, 6.07) is 10.0. The average molecular weight is 359 g/mol. The van der Waals surface area contributed by atoms with Gasteiger partial charge in [-0.25, -0.2) is 9.78 Å². The van der Waals surface area contributed by atoms with E-state index in [4.69, 9.17) is 21.0 Å². The summed E-state index contributed by atoms with van der Waals surface area (Å²) in [5.41, 5.74) is 3.30. The Balaban J connectivity index is 1.93. The topological polar surface area (TPSA) is 46.3 Å². The lowest BCUT2D eigenvalue weighted by Gasteiger charge is -2.22. The molecule has 2 aromatic heterocycles. The van der Waals surface area contributed by atoms with Crippen molar-refractivity contribution < 1.29 is 4.42 Å². The maximum Gasteiger partial charge on any atom is 0.357 e. The highest BCUT2D eigenvalue weighted by molar-refractivity contribution is 7.18. The number of aromatic nitrogens is 1. The summed E-state index contributed by atoms with van der Waals surface area (Å²) in [7, 11) is 3.77. The first-order valence-electron chi connectivity index (χ1n) is 7.64. The third kappa shape index (κ3) is 2.36. The molecular weight excluding hydrogens is 344 g/mol. The van der Waals surface area contributed by atoms with Gasteiger partial charge in [0, 0.05) is 25.2 Å². The molecule has 24 heavy (non-hydrogen) atoms. The maximum atomic E-state index is 12.2. The highest BCUT2D eigenvalue weighted by atomic mass is 35.5. The van der Waals surface area contributed by atoms with E-state index >= 15 is 0 Å². The van der Waals surface area contributed by atoms with Crippen molar-refractivity contribution >= 4 is 28.6 Å². The minimum atomic E-state index is -0.498. The van der Waals surface area contributed by atoms with E-state index in [0.717, 1.165) is 45.2 Å². The van der Waals surface area contributed by atoms with E-state index < -0.39 is 5.63 Å². The van der Waals surface area contributed by atoms with Crippen LogP contribution < -0.4 is 10.5 Å². The van der Waals surface area contributed by atoms with Crippen LogP contribution in [-0.4, -0.2) is 19.1 Å². The second-order valence-corrected chi connectivity index (χ2v) is 7.29. The Labute approximate surface area is 148 Å². The average Bonchev–Trinajstić information content (AvgIpc) is 3.01. The van der Waals surface area contributed by atoms with Crippen molar-refractivity contribution in [3.8, 4) is 21.2 Å². The predicted molar refractivity (Wildman–Crippen MR) is 98.3 cm³/mol. The van der Waals surface area contributed by atoms with Crippen molar-refractivity contribution in [1.82, 2.24) is 4.98 Å². The van der Waals surface area contributed by atoms with E-state index in [0.29, 0.717) is 5.76 Å². The van der Waals surface area contributed by atoms with Crippen LogP contribution in [0.1, 0.15) is 11.3 Å². The van der Waals surface area contributed by atoms with Gasteiger partial charge in [0.2, 0.25) is 0 Å². The molecule has 0 fully saturated rings. The van der Waals surface area contributed by atoms with E-state index in [1.807, 2.05) is 49.3 Å². The number of nitrogens with zero attached hydrogens (tertiary/aromatic N) is 2. The van der Waals surface area contributed by atoms with Gasteiger partial charge in [0.15, 0.2) is 5.76 Å². The molecule has 0 spiro atoms. The van der Waals surface area contributed by atoms with E-state index in [2.05, 4.69) is 0 Å². The number of aryl methyl sites for hydroxylation is 1. The Morgan fingerprint density at radius 1 is 1.21 bits per heavy atom. The molecule has 0 unspecified atom stereocenters. The fraction of sp³-hybridized carbons (Fsp3) is 0.222. The van der Waals surface area contributed by atoms with Crippen LogP contribution in [0.15, 0.2) is 39.5 Å². The van der Waals surface area contributed by atoms with E-state index in [1.54, 1.807) is 11.3 Å². The summed E-state index contributed by atoms with van der Waals surface area (Å²) in [6.45, 7) is 0. The Bertz CT molecular complexity index is 977. The van der Waals surface area contributed by atoms with Gasteiger partial charge in [-0.3, -0.25) is 0 Å². The second-order valence-electron chi connectivity index (χ2n) is 5.92. The minimum Gasteiger partial charge on any atom is -0.420 e. The standard InChI is InChI=1S/C18H15ClN2O2S/c1-21(2)14-11-8-9-12-16(15(11)23-18(22)13(14)19)24-17(20-12)10-6-4-3-5-7-10/h3-7H,8-9H2,1-2H3. The molecule has 3 aromatic rings. The van der Waals surface area contributed by atoms with Gasteiger partial charge in [0.05, 0.1) is 16.3 Å². The number of fused-ring (bicyclic) bond motifs is 3. The van der Waals surface area contributed by atoms with E-state index in [9.17, 15) is 4.79 Å². The van der Waals surface area contributed by atoms with Gasteiger partial charge < -0.3 is 9.32 Å². The summed E-state index contributed by atoms with van der Waals surface area (Å²) < 4.78 is 5.55. The van der Waals surface area contributed by atoms with Gasteiger partial charge in [-0.1, -0.05) is 41.9 Å². The minimum absolute atomic E-state index is 0.148. The molecule has 1 aromatic carbocycles. The van der Waals surface area contributed by atoms with E-state index in [1.165, 1.54) is 0 Å². The zero-order valence-corrected chi connectivity index (χ0v) is 14.9. The van der Waals surface area contributed by atoms with Crippen LogP contribution in [0.2, 0.25) is 5.02 Å². The highest BCUT2D eigenvalue weighted by Crippen LogP contribution is 2.44. The first-order valence-corrected chi connectivity index (χ1v) is 8.84. The van der Waals surface area contributed by atoms with E-state index in [-0.39, 0.29) is 5.02 Å². The van der Waals surface area contributed by atoms with Gasteiger partial charge in [0.1, 0.15) is 10.0 Å². The zero-order chi connectivity index (χ0) is 16.8. The molecule has 2 heterocycles. The van der Waals surface area contributed by atoms with Crippen LogP contribution in [0.25, 0.3) is 21.2 Å². The molecule has 0 saturated carbocycles. The second kappa shape index (κ2) is 5.76. The van der Waals surface area contributed by atoms with Gasteiger partial charge in [-0.15, -0.1) is 11.3 Å². The maximum absolute atomic E-state index is 12.2. The van der Waals surface area contributed by atoms with Crippen LogP contribution in [0, 0.1) is 0 Å². The van der Waals surface area contributed by atoms with Crippen LogP contribution >= 0.6 is 22.9 Å². The van der Waals surface area contributed by atoms with Crippen LogP contribution in [0.3, 0.4) is 0 Å². The van der Waals surface area contributed by atoms with Gasteiger partial charge in [-0.2, -0.15) is 0 Å². The fourth-order valence-corrected chi connectivity index (χ4v) is 4.51. The Hall–Kier alpha value is -2.11. The third-order valence-corrected chi connectivity index (χ3v) is 5.60. The summed E-state index contributed by atoms with van der Waals surface area (Å²) in [4.78, 5) is 19.7. The summed E-state index contributed by atoms with van der Waals surface area (Å²) in [6.07, 6.45) is 1.58. The number of hydrogen-bond donors (Lipinski definition) is 0. The SMILES string of the molecule is CN(C)c1c2c(oc(=O)c1Cl)-c1sc(-c3ccccc3)nc1CC2. The smallest absolute Gasteiger partial charge is 0.357 e. The number of benzene rings is 1. The van der Waals surface area contributed by atoms with Gasteiger partial charge in [0.25, 0.3) is 0 Å². The summed E-state index contributed by atoms with van der Waals surface area (Å²) in [5.74, 6) is 0.619. The molecule has 6 heteroatoms. The van der Waals surface area contributed by atoms with Crippen molar-refractivity contribution in [1.29, 1.82) is 0 Å². The number of anilines is 1. The molecule has 0 aliphatic heterocycles. The van der Waals surface area contributed by atoms with Crippen LogP contribution in [-0.2, 0) is 12.8 Å². The molecule has 0 N–H and O–H groups in total. The highest BCUT2D eigenvalue weighted by Gasteiger charge is 2.29. The molecule has 1 aliphatic carbocycles. The molecule has 0 saturated heterocycles. The number of rotatable bonds is 2. The monoisotopic (exact) mass is 358 g/mol. The number of halogens is 1. The van der Waals surface area contributed by atoms with Crippen molar-refractivity contribution in [2.45, 2.75) is 12.8 Å². The van der Waals surface area contributed by atoms with Crippen LogP contribution in [0.5, 0.6) is 0 Å². The Kier molecular flexibility index (Phi) is 3.70. The number of hydrogen-bond acceptors (Lipinski definition) is 5. The largest absolute Gasteiger partial charge is 0.420 e. The first kappa shape index (κ1) is 15.4. The molecule has 4 rings (SSSR count). The molecule has 1 aliphatic rings. The first-order chi connectivity index (χ1) is 11.6. The van der Waals surface area contributed by atoms with Gasteiger partial charge >= 0.3 is 5.63 Å². The fourth-order valence-electron chi connectivity index (χ4n) is 3.06. The molecule has 0 atom stereocenters. The molecule has 0 bridgehead atoms. The van der Waals surface area contributed by atoms with Crippen LogP contribution in [0.4, 0.5) is 5.69 Å². The van der Waals surface area contributed by atoms with Crippen molar-refractivity contribution in [3.63, 3.8) is 0 Å². The summed E-state index contributed by atoms with van der Waals surface area (Å²) >= 11 is 7.75.